The molecule has 0 bridgehead atoms. The normalized spacial score (nSPS) is 18.1. The van der Waals surface area contributed by atoms with Crippen LogP contribution in [0, 0.1) is 5.92 Å². The van der Waals surface area contributed by atoms with Crippen molar-refractivity contribution in [1.82, 2.24) is 0 Å². The largest absolute Gasteiger partial charge is 0.408 e. The molecule has 1 aromatic heterocycles. The van der Waals surface area contributed by atoms with Crippen LogP contribution in [0.25, 0.3) is 60.3 Å². The highest BCUT2D eigenvalue weighted by atomic mass is 31.1. The van der Waals surface area contributed by atoms with Crippen LogP contribution in [0.5, 0.6) is 0 Å². The maximum Gasteiger partial charge on any atom is 0.307 e. The highest BCUT2D eigenvalue weighted by Crippen LogP contribution is 2.65. The van der Waals surface area contributed by atoms with Gasteiger partial charge in [0.1, 0.15) is 11.2 Å². The van der Waals surface area contributed by atoms with Crippen molar-refractivity contribution in [2.24, 2.45) is 5.92 Å². The van der Waals surface area contributed by atoms with E-state index < -0.39 is 16.1 Å². The van der Waals surface area contributed by atoms with E-state index in [0.29, 0.717) is 5.92 Å². The summed E-state index contributed by atoms with van der Waals surface area (Å²) in [6.07, 6.45) is 7.05. The van der Waals surface area contributed by atoms with Gasteiger partial charge in [0.25, 0.3) is 0 Å². The maximum atomic E-state index is 7.20. The SMILES string of the molecule is C1=CC2CP([C@@H](c3ccccc3)[C@@H](Np3oc4ccc5ccccc5c4c4c(ccc5ccccc54)o3)c3ccccc3)Cc3ccc4ccccc4c3C2c2ccccc21. The van der Waals surface area contributed by atoms with Gasteiger partial charge in [-0.15, -0.1) is 0 Å². The molecular weight excluding hydrogens is 781 g/mol. The molecule has 1 aliphatic carbocycles. The van der Waals surface area contributed by atoms with E-state index in [1.807, 2.05) is 0 Å². The molecule has 61 heavy (non-hydrogen) atoms. The van der Waals surface area contributed by atoms with E-state index in [0.717, 1.165) is 45.0 Å². The van der Waals surface area contributed by atoms with Gasteiger partial charge in [0.05, 0.1) is 6.04 Å². The molecule has 1 N–H and O–H groups in total. The zero-order valence-corrected chi connectivity index (χ0v) is 35.4. The molecule has 3 unspecified atom stereocenters. The van der Waals surface area contributed by atoms with Crippen LogP contribution in [-0.2, 0) is 6.16 Å². The van der Waals surface area contributed by atoms with E-state index in [4.69, 9.17) is 8.39 Å². The highest BCUT2D eigenvalue weighted by Gasteiger charge is 2.41. The Hall–Kier alpha value is -6.21. The van der Waals surface area contributed by atoms with Crippen LogP contribution in [0.4, 0.5) is 0 Å². The van der Waals surface area contributed by atoms with Crippen molar-refractivity contribution in [3.8, 4) is 0 Å². The molecular formula is C56H43NO2P2. The third kappa shape index (κ3) is 6.43. The predicted octanol–water partition coefficient (Wildman–Crippen LogP) is 16.2. The number of hydrogen-bond acceptors (Lipinski definition) is 3. The van der Waals surface area contributed by atoms with Gasteiger partial charge in [0.2, 0.25) is 0 Å². The highest BCUT2D eigenvalue weighted by molar-refractivity contribution is 7.57. The standard InChI is InChI=1S/C56H43NO2P2/c1-3-19-41(20-4-1)55(57-61-58-49-33-31-39-17-9-13-25-47(39)53(49)54-48-26-14-10-18-40(48)32-34-50(54)59-61)56(42-21-5-2-6-22-42)60-35-43-29-27-37-15-7-11-23-45(37)51(43)52-44(36-60)30-28-38-16-8-12-24-46(38)52/h1-34,43,51,55-57H,35-36H2/t43?,51?,55-,56-,60?/m0/s1. The fourth-order valence-electron chi connectivity index (χ4n) is 10.4. The minimum Gasteiger partial charge on any atom is -0.408 e. The fraction of sp³-hybridized carbons (Fsp3) is 0.107. The molecule has 2 heterocycles. The third-order valence-electron chi connectivity index (χ3n) is 13.1. The molecule has 0 radical (unpaired) electrons. The Morgan fingerprint density at radius 2 is 1.05 bits per heavy atom. The minimum atomic E-state index is -1.68. The molecule has 10 aromatic rings. The molecule has 2 aliphatic rings. The lowest BCUT2D eigenvalue weighted by atomic mass is 9.73. The van der Waals surface area contributed by atoms with Crippen LogP contribution in [-0.4, -0.2) is 6.16 Å². The summed E-state index contributed by atoms with van der Waals surface area (Å²) in [5.41, 5.74) is 10.2. The summed E-state index contributed by atoms with van der Waals surface area (Å²) >= 11 is 0. The summed E-state index contributed by atoms with van der Waals surface area (Å²) in [6, 6.07) is 71.0. The smallest absolute Gasteiger partial charge is 0.307 e. The van der Waals surface area contributed by atoms with Crippen molar-refractivity contribution in [3.63, 3.8) is 0 Å². The first-order chi connectivity index (χ1) is 30.2. The molecule has 0 fully saturated rings. The van der Waals surface area contributed by atoms with Gasteiger partial charge >= 0.3 is 8.16 Å². The zero-order valence-electron chi connectivity index (χ0n) is 33.6. The molecule has 9 aromatic carbocycles. The maximum absolute atomic E-state index is 7.20. The molecule has 0 amide bonds. The van der Waals surface area contributed by atoms with Crippen molar-refractivity contribution in [2.45, 2.75) is 23.8 Å². The Morgan fingerprint density at radius 1 is 0.508 bits per heavy atom. The van der Waals surface area contributed by atoms with Crippen molar-refractivity contribution in [2.75, 3.05) is 11.2 Å². The molecule has 294 valence electrons. The lowest BCUT2D eigenvalue weighted by molar-refractivity contribution is 0.621. The van der Waals surface area contributed by atoms with Gasteiger partial charge in [-0.1, -0.05) is 202 Å². The molecule has 3 nitrogen and oxygen atoms in total. The Bertz CT molecular complexity index is 3240. The van der Waals surface area contributed by atoms with Gasteiger partial charge in [-0.3, -0.25) is 0 Å². The lowest BCUT2D eigenvalue weighted by Gasteiger charge is -2.37. The summed E-state index contributed by atoms with van der Waals surface area (Å²) in [5, 5.41) is 13.7. The molecule has 5 atom stereocenters. The quantitative estimate of drug-likeness (QED) is 0.170. The Labute approximate surface area is 357 Å². The first-order valence-corrected chi connectivity index (χ1v) is 24.3. The first kappa shape index (κ1) is 36.6. The van der Waals surface area contributed by atoms with Crippen LogP contribution in [0.1, 0.15) is 51.0 Å². The molecule has 12 rings (SSSR count). The molecule has 0 spiro atoms. The fourth-order valence-corrected chi connectivity index (χ4v) is 15.3. The number of benzene rings is 9. The topological polar surface area (TPSA) is 38.3 Å². The van der Waals surface area contributed by atoms with Gasteiger partial charge in [-0.25, -0.2) is 5.09 Å². The van der Waals surface area contributed by atoms with Gasteiger partial charge < -0.3 is 8.39 Å². The second-order valence-corrected chi connectivity index (χ2v) is 20.1. The van der Waals surface area contributed by atoms with Crippen molar-refractivity contribution >= 4 is 76.4 Å². The first-order valence-electron chi connectivity index (χ1n) is 21.3. The molecule has 1 aliphatic heterocycles. The van der Waals surface area contributed by atoms with Crippen molar-refractivity contribution in [3.05, 3.63) is 234 Å². The summed E-state index contributed by atoms with van der Waals surface area (Å²) in [5.74, 6) is 0.636. The van der Waals surface area contributed by atoms with E-state index in [2.05, 4.69) is 211 Å². The van der Waals surface area contributed by atoms with Crippen LogP contribution in [0.15, 0.2) is 209 Å². The summed E-state index contributed by atoms with van der Waals surface area (Å²) in [7, 11) is -2.35. The van der Waals surface area contributed by atoms with Crippen molar-refractivity contribution < 1.29 is 8.39 Å². The van der Waals surface area contributed by atoms with Crippen LogP contribution < -0.4 is 5.09 Å². The van der Waals surface area contributed by atoms with Crippen LogP contribution in [0.3, 0.4) is 0 Å². The molecule has 0 saturated heterocycles. The van der Waals surface area contributed by atoms with E-state index in [1.165, 1.54) is 54.9 Å². The Balaban J connectivity index is 1.08. The monoisotopic (exact) mass is 823 g/mol. The van der Waals surface area contributed by atoms with E-state index in [9.17, 15) is 0 Å². The zero-order chi connectivity index (χ0) is 40.3. The predicted molar refractivity (Wildman–Crippen MR) is 259 cm³/mol. The number of hydrogen-bond donors (Lipinski definition) is 1. The number of fused-ring (bicyclic) bond motifs is 14. The number of rotatable bonds is 6. The van der Waals surface area contributed by atoms with Crippen LogP contribution >= 0.6 is 16.1 Å². The van der Waals surface area contributed by atoms with Crippen molar-refractivity contribution in [1.29, 1.82) is 0 Å². The van der Waals surface area contributed by atoms with Gasteiger partial charge in [0.15, 0.2) is 0 Å². The van der Waals surface area contributed by atoms with Gasteiger partial charge in [0, 0.05) is 22.3 Å². The third-order valence-corrected chi connectivity index (χ3v) is 17.4. The average Bonchev–Trinajstić information content (AvgIpc) is 3.60. The lowest BCUT2D eigenvalue weighted by Crippen LogP contribution is -2.22. The second kappa shape index (κ2) is 15.4. The summed E-state index contributed by atoms with van der Waals surface area (Å²) in [4.78, 5) is 0. The second-order valence-electron chi connectivity index (χ2n) is 16.6. The minimum absolute atomic E-state index is 0.105. The number of allylic oxidation sites excluding steroid dienone is 1. The Morgan fingerprint density at radius 3 is 1.72 bits per heavy atom. The van der Waals surface area contributed by atoms with E-state index >= 15 is 0 Å². The summed E-state index contributed by atoms with van der Waals surface area (Å²) < 4.78 is 14.4. The van der Waals surface area contributed by atoms with Gasteiger partial charge in [-0.05, 0) is 96.1 Å². The van der Waals surface area contributed by atoms with Crippen LogP contribution in [0.2, 0.25) is 0 Å². The average molecular weight is 824 g/mol. The Kier molecular flexibility index (Phi) is 9.22. The molecule has 5 heteroatoms. The number of nitrogens with one attached hydrogen (secondary N) is 1. The summed E-state index contributed by atoms with van der Waals surface area (Å²) in [6.45, 7) is 0. The molecule has 0 saturated carbocycles. The van der Waals surface area contributed by atoms with E-state index in [1.54, 1.807) is 0 Å². The van der Waals surface area contributed by atoms with Gasteiger partial charge in [-0.2, -0.15) is 0 Å². The van der Waals surface area contributed by atoms with E-state index in [-0.39, 0.29) is 17.6 Å².